The van der Waals surface area contributed by atoms with Crippen molar-refractivity contribution in [2.24, 2.45) is 5.41 Å². The first-order valence-corrected chi connectivity index (χ1v) is 7.49. The maximum absolute atomic E-state index is 11.6. The summed E-state index contributed by atoms with van der Waals surface area (Å²) in [5.41, 5.74) is -0.694. The Morgan fingerprint density at radius 2 is 1.58 bits per heavy atom. The minimum atomic E-state index is -1.08. The van der Waals surface area contributed by atoms with E-state index in [9.17, 15) is 15.0 Å². The van der Waals surface area contributed by atoms with E-state index in [0.717, 1.165) is 12.8 Å². The number of rotatable bonds is 4. The number of aliphatic hydroxyl groups excluding tert-OH is 1. The van der Waals surface area contributed by atoms with Crippen LogP contribution in [0.4, 0.5) is 0 Å². The number of hydrogen-bond donors (Lipinski definition) is 2. The van der Waals surface area contributed by atoms with Gasteiger partial charge in [-0.05, 0) is 57.8 Å². The molecular formula is C15H26O4. The van der Waals surface area contributed by atoms with Crippen molar-refractivity contribution >= 4 is 5.97 Å². The summed E-state index contributed by atoms with van der Waals surface area (Å²) in [6.45, 7) is 3.39. The van der Waals surface area contributed by atoms with Crippen LogP contribution in [-0.2, 0) is 9.53 Å². The fourth-order valence-electron chi connectivity index (χ4n) is 3.65. The van der Waals surface area contributed by atoms with Crippen LogP contribution in [0.25, 0.3) is 0 Å². The standard InChI is InChI=1S/C15H26O4/c1-11(16)12(2)19-15(13(17)18)9-7-14(8-10-15)5-3-4-6-14/h11-12,16H,3-10H2,1-2H3,(H,17,18). The molecule has 2 rings (SSSR count). The van der Waals surface area contributed by atoms with Crippen LogP contribution in [0, 0.1) is 5.41 Å². The van der Waals surface area contributed by atoms with Gasteiger partial charge in [0.25, 0.3) is 0 Å². The van der Waals surface area contributed by atoms with Crippen LogP contribution >= 0.6 is 0 Å². The van der Waals surface area contributed by atoms with Gasteiger partial charge in [-0.15, -0.1) is 0 Å². The number of hydrogen-bond acceptors (Lipinski definition) is 3. The smallest absolute Gasteiger partial charge is 0.335 e. The van der Waals surface area contributed by atoms with E-state index in [1.54, 1.807) is 13.8 Å². The molecule has 0 aromatic carbocycles. The number of carboxylic acid groups (broad SMARTS) is 1. The third-order valence-corrected chi connectivity index (χ3v) is 5.26. The highest BCUT2D eigenvalue weighted by Gasteiger charge is 2.49. The Labute approximate surface area is 115 Å². The normalized spacial score (nSPS) is 28.2. The Hall–Kier alpha value is -0.610. The van der Waals surface area contributed by atoms with Crippen molar-refractivity contribution in [2.45, 2.75) is 83.0 Å². The lowest BCUT2D eigenvalue weighted by atomic mass is 9.67. The van der Waals surface area contributed by atoms with Gasteiger partial charge < -0.3 is 14.9 Å². The van der Waals surface area contributed by atoms with E-state index in [1.807, 2.05) is 0 Å². The molecule has 0 saturated heterocycles. The molecule has 2 unspecified atom stereocenters. The molecular weight excluding hydrogens is 244 g/mol. The first-order chi connectivity index (χ1) is 8.89. The molecule has 4 heteroatoms. The average Bonchev–Trinajstić information content (AvgIpc) is 2.81. The van der Waals surface area contributed by atoms with Crippen molar-refractivity contribution in [3.63, 3.8) is 0 Å². The number of carbonyl (C=O) groups is 1. The van der Waals surface area contributed by atoms with Gasteiger partial charge in [0.1, 0.15) is 0 Å². The number of aliphatic carboxylic acids is 1. The first-order valence-electron chi connectivity index (χ1n) is 7.49. The zero-order chi connectivity index (χ0) is 14.1. The van der Waals surface area contributed by atoms with Crippen LogP contribution < -0.4 is 0 Å². The molecule has 2 atom stereocenters. The predicted molar refractivity (Wildman–Crippen MR) is 72.0 cm³/mol. The van der Waals surface area contributed by atoms with Crippen molar-refractivity contribution in [3.8, 4) is 0 Å². The van der Waals surface area contributed by atoms with Crippen LogP contribution in [0.3, 0.4) is 0 Å². The Morgan fingerprint density at radius 1 is 1.05 bits per heavy atom. The highest BCUT2D eigenvalue weighted by atomic mass is 16.5. The highest BCUT2D eigenvalue weighted by molar-refractivity contribution is 5.77. The van der Waals surface area contributed by atoms with Crippen molar-refractivity contribution < 1.29 is 19.7 Å². The van der Waals surface area contributed by atoms with Crippen LogP contribution in [0.5, 0.6) is 0 Å². The first kappa shape index (κ1) is 14.8. The van der Waals surface area contributed by atoms with E-state index in [0.29, 0.717) is 18.3 Å². The second-order valence-corrected chi connectivity index (χ2v) is 6.57. The fraction of sp³-hybridized carbons (Fsp3) is 0.933. The Balaban J connectivity index is 2.04. The molecule has 0 bridgehead atoms. The third-order valence-electron chi connectivity index (χ3n) is 5.26. The maximum atomic E-state index is 11.6. The molecule has 2 aliphatic carbocycles. The van der Waals surface area contributed by atoms with Crippen molar-refractivity contribution in [1.82, 2.24) is 0 Å². The molecule has 0 radical (unpaired) electrons. The minimum absolute atomic E-state index is 0.385. The van der Waals surface area contributed by atoms with Crippen molar-refractivity contribution in [2.75, 3.05) is 0 Å². The van der Waals surface area contributed by atoms with Gasteiger partial charge in [-0.3, -0.25) is 0 Å². The molecule has 110 valence electrons. The van der Waals surface area contributed by atoms with Crippen molar-refractivity contribution in [1.29, 1.82) is 0 Å². The molecule has 1 spiro atoms. The zero-order valence-corrected chi connectivity index (χ0v) is 12.0. The topological polar surface area (TPSA) is 66.8 Å². The molecule has 2 fully saturated rings. The second kappa shape index (κ2) is 5.41. The lowest BCUT2D eigenvalue weighted by molar-refractivity contribution is -0.191. The molecule has 19 heavy (non-hydrogen) atoms. The number of carboxylic acids is 1. The lowest BCUT2D eigenvalue weighted by Crippen LogP contribution is -2.50. The molecule has 2 aliphatic rings. The van der Waals surface area contributed by atoms with Gasteiger partial charge >= 0.3 is 5.97 Å². The Kier molecular flexibility index (Phi) is 4.21. The largest absolute Gasteiger partial charge is 0.479 e. The monoisotopic (exact) mass is 270 g/mol. The van der Waals surface area contributed by atoms with E-state index in [2.05, 4.69) is 0 Å². The quantitative estimate of drug-likeness (QED) is 0.824. The SMILES string of the molecule is CC(O)C(C)OC1(C(=O)O)CCC2(CCCC2)CC1. The van der Waals surface area contributed by atoms with E-state index >= 15 is 0 Å². The van der Waals surface area contributed by atoms with Gasteiger partial charge in [0.15, 0.2) is 5.60 Å². The molecule has 0 aromatic rings. The van der Waals surface area contributed by atoms with Gasteiger partial charge in [-0.25, -0.2) is 4.79 Å². The van der Waals surface area contributed by atoms with Crippen LogP contribution in [0.2, 0.25) is 0 Å². The summed E-state index contributed by atoms with van der Waals surface area (Å²) in [4.78, 5) is 11.6. The molecule has 0 amide bonds. The molecule has 0 aromatic heterocycles. The molecule has 2 saturated carbocycles. The second-order valence-electron chi connectivity index (χ2n) is 6.57. The van der Waals surface area contributed by atoms with E-state index in [4.69, 9.17) is 4.74 Å². The van der Waals surface area contributed by atoms with E-state index in [-0.39, 0.29) is 0 Å². The lowest BCUT2D eigenvalue weighted by Gasteiger charge is -2.43. The Morgan fingerprint density at radius 3 is 2.00 bits per heavy atom. The number of aliphatic hydroxyl groups is 1. The zero-order valence-electron chi connectivity index (χ0n) is 12.0. The average molecular weight is 270 g/mol. The highest BCUT2D eigenvalue weighted by Crippen LogP contribution is 2.52. The summed E-state index contributed by atoms with van der Waals surface area (Å²) >= 11 is 0. The molecule has 4 nitrogen and oxygen atoms in total. The van der Waals surface area contributed by atoms with Crippen LogP contribution in [0.1, 0.15) is 65.2 Å². The predicted octanol–water partition coefficient (Wildman–Crippen LogP) is 2.73. The summed E-state index contributed by atoms with van der Waals surface area (Å²) < 4.78 is 5.75. The maximum Gasteiger partial charge on any atom is 0.335 e. The summed E-state index contributed by atoms with van der Waals surface area (Å²) in [7, 11) is 0. The summed E-state index contributed by atoms with van der Waals surface area (Å²) in [6.07, 6.45) is 7.04. The summed E-state index contributed by atoms with van der Waals surface area (Å²) in [5.74, 6) is -0.868. The molecule has 2 N–H and O–H groups in total. The molecule has 0 heterocycles. The Bertz CT molecular complexity index is 321. The fourth-order valence-corrected chi connectivity index (χ4v) is 3.65. The minimum Gasteiger partial charge on any atom is -0.479 e. The van der Waals surface area contributed by atoms with Gasteiger partial charge in [0.2, 0.25) is 0 Å². The van der Waals surface area contributed by atoms with Gasteiger partial charge in [0.05, 0.1) is 12.2 Å². The summed E-state index contributed by atoms with van der Waals surface area (Å²) in [6, 6.07) is 0. The molecule has 0 aliphatic heterocycles. The van der Waals surface area contributed by atoms with Crippen molar-refractivity contribution in [3.05, 3.63) is 0 Å². The van der Waals surface area contributed by atoms with Gasteiger partial charge in [-0.1, -0.05) is 12.8 Å². The van der Waals surface area contributed by atoms with E-state index in [1.165, 1.54) is 25.7 Å². The number of ether oxygens (including phenoxy) is 1. The summed E-state index contributed by atoms with van der Waals surface area (Å²) in [5, 5.41) is 19.1. The van der Waals surface area contributed by atoms with Crippen LogP contribution in [-0.4, -0.2) is 34.0 Å². The van der Waals surface area contributed by atoms with Gasteiger partial charge in [-0.2, -0.15) is 0 Å². The van der Waals surface area contributed by atoms with Gasteiger partial charge in [0, 0.05) is 0 Å². The third kappa shape index (κ3) is 2.95. The van der Waals surface area contributed by atoms with Crippen LogP contribution in [0.15, 0.2) is 0 Å². The van der Waals surface area contributed by atoms with E-state index < -0.39 is 23.8 Å².